The minimum atomic E-state index is -1.37. The molecule has 0 aliphatic heterocycles. The maximum absolute atomic E-state index is 13.3. The van der Waals surface area contributed by atoms with Gasteiger partial charge in [-0.2, -0.15) is 11.8 Å². The lowest BCUT2D eigenvalue weighted by molar-refractivity contribution is 0.0692. The van der Waals surface area contributed by atoms with Crippen LogP contribution in [0.5, 0.6) is 0 Å². The Balaban J connectivity index is 2.74. The first-order valence-electron chi connectivity index (χ1n) is 6.42. The minimum Gasteiger partial charge on any atom is -0.478 e. The standard InChI is InChI=1S/C14H19FN2O3S/c1-9(6-7-21-3)17(2)14(20)16-10-4-5-12(15)11(8-10)13(18)19/h4-5,8-9H,6-7H2,1-3H3,(H,16,20)(H,18,19). The van der Waals surface area contributed by atoms with Gasteiger partial charge in [0.1, 0.15) is 5.82 Å². The monoisotopic (exact) mass is 314 g/mol. The summed E-state index contributed by atoms with van der Waals surface area (Å²) in [7, 11) is 1.67. The lowest BCUT2D eigenvalue weighted by Crippen LogP contribution is -2.38. The molecule has 2 N–H and O–H groups in total. The van der Waals surface area contributed by atoms with Gasteiger partial charge in [-0.05, 0) is 43.6 Å². The van der Waals surface area contributed by atoms with Crippen LogP contribution in [0.4, 0.5) is 14.9 Å². The first-order valence-corrected chi connectivity index (χ1v) is 7.81. The zero-order chi connectivity index (χ0) is 16.0. The Morgan fingerprint density at radius 3 is 2.71 bits per heavy atom. The molecule has 1 rings (SSSR count). The van der Waals surface area contributed by atoms with E-state index in [2.05, 4.69) is 5.32 Å². The van der Waals surface area contributed by atoms with Crippen LogP contribution in [0.25, 0.3) is 0 Å². The number of halogens is 1. The van der Waals surface area contributed by atoms with Crippen LogP contribution in [0.1, 0.15) is 23.7 Å². The molecule has 0 heterocycles. The van der Waals surface area contributed by atoms with Crippen molar-refractivity contribution in [1.29, 1.82) is 0 Å². The number of carboxylic acids is 1. The summed E-state index contributed by atoms with van der Waals surface area (Å²) in [5.74, 6) is -1.26. The second kappa shape index (κ2) is 7.87. The Hall–Kier alpha value is -1.76. The van der Waals surface area contributed by atoms with Gasteiger partial charge in [0.25, 0.3) is 0 Å². The molecule has 5 nitrogen and oxygen atoms in total. The molecule has 1 aromatic carbocycles. The summed E-state index contributed by atoms with van der Waals surface area (Å²) in [6.45, 7) is 1.93. The van der Waals surface area contributed by atoms with Crippen molar-refractivity contribution in [3.05, 3.63) is 29.6 Å². The highest BCUT2D eigenvalue weighted by atomic mass is 32.2. The van der Waals surface area contributed by atoms with Gasteiger partial charge < -0.3 is 15.3 Å². The molecule has 1 atom stereocenters. The average molecular weight is 314 g/mol. The Morgan fingerprint density at radius 2 is 2.14 bits per heavy atom. The molecule has 7 heteroatoms. The number of urea groups is 1. The topological polar surface area (TPSA) is 69.6 Å². The number of rotatable bonds is 6. The molecular weight excluding hydrogens is 295 g/mol. The molecule has 0 aromatic heterocycles. The lowest BCUT2D eigenvalue weighted by atomic mass is 10.2. The van der Waals surface area contributed by atoms with Crippen molar-refractivity contribution in [1.82, 2.24) is 4.90 Å². The molecule has 0 radical (unpaired) electrons. The van der Waals surface area contributed by atoms with Gasteiger partial charge in [0.2, 0.25) is 0 Å². The molecule has 0 bridgehead atoms. The van der Waals surface area contributed by atoms with Gasteiger partial charge in [0.15, 0.2) is 0 Å². The summed E-state index contributed by atoms with van der Waals surface area (Å²) in [5, 5.41) is 11.4. The van der Waals surface area contributed by atoms with E-state index < -0.39 is 17.3 Å². The Bertz CT molecular complexity index is 525. The predicted molar refractivity (Wildman–Crippen MR) is 82.6 cm³/mol. The number of carbonyl (C=O) groups is 2. The van der Waals surface area contributed by atoms with Gasteiger partial charge in [0, 0.05) is 18.8 Å². The minimum absolute atomic E-state index is 0.0526. The third kappa shape index (κ3) is 4.93. The second-order valence-corrected chi connectivity index (χ2v) is 5.66. The summed E-state index contributed by atoms with van der Waals surface area (Å²) in [4.78, 5) is 24.4. The van der Waals surface area contributed by atoms with Crippen molar-refractivity contribution in [2.24, 2.45) is 0 Å². The summed E-state index contributed by atoms with van der Waals surface area (Å²) in [6, 6.07) is 3.16. The highest BCUT2D eigenvalue weighted by Crippen LogP contribution is 2.16. The quantitative estimate of drug-likeness (QED) is 0.846. The smallest absolute Gasteiger partial charge is 0.338 e. The molecule has 116 valence electrons. The van der Waals surface area contributed by atoms with Crippen LogP contribution in [0.15, 0.2) is 18.2 Å². The molecular formula is C14H19FN2O3S. The number of hydrogen-bond acceptors (Lipinski definition) is 3. The summed E-state index contributed by atoms with van der Waals surface area (Å²) >= 11 is 1.70. The summed E-state index contributed by atoms with van der Waals surface area (Å²) in [5.41, 5.74) is -0.214. The Morgan fingerprint density at radius 1 is 1.48 bits per heavy atom. The zero-order valence-corrected chi connectivity index (χ0v) is 13.0. The summed E-state index contributed by atoms with van der Waals surface area (Å²) < 4.78 is 13.3. The van der Waals surface area contributed by atoms with Gasteiger partial charge in [-0.25, -0.2) is 14.0 Å². The van der Waals surface area contributed by atoms with Gasteiger partial charge in [0.05, 0.1) is 5.56 Å². The van der Waals surface area contributed by atoms with E-state index in [4.69, 9.17) is 5.11 Å². The number of carbonyl (C=O) groups excluding carboxylic acids is 1. The number of aromatic carboxylic acids is 1. The SMILES string of the molecule is CSCCC(C)N(C)C(=O)Nc1ccc(F)c(C(=O)O)c1. The van der Waals surface area contributed by atoms with E-state index in [0.717, 1.165) is 24.3 Å². The number of nitrogens with one attached hydrogen (secondary N) is 1. The van der Waals surface area contributed by atoms with Gasteiger partial charge >= 0.3 is 12.0 Å². The number of carboxylic acid groups (broad SMARTS) is 1. The summed E-state index contributed by atoms with van der Waals surface area (Å²) in [6.07, 6.45) is 2.85. The van der Waals surface area contributed by atoms with E-state index in [1.807, 2.05) is 13.2 Å². The zero-order valence-electron chi connectivity index (χ0n) is 12.2. The van der Waals surface area contributed by atoms with E-state index in [9.17, 15) is 14.0 Å². The van der Waals surface area contributed by atoms with E-state index in [1.54, 1.807) is 23.7 Å². The predicted octanol–water partition coefficient (Wildman–Crippen LogP) is 3.13. The van der Waals surface area contributed by atoms with Crippen LogP contribution in [-0.2, 0) is 0 Å². The lowest BCUT2D eigenvalue weighted by Gasteiger charge is -2.25. The van der Waals surface area contributed by atoms with Crippen LogP contribution in [0, 0.1) is 5.82 Å². The van der Waals surface area contributed by atoms with Crippen molar-refractivity contribution in [2.45, 2.75) is 19.4 Å². The van der Waals surface area contributed by atoms with Crippen LogP contribution in [-0.4, -0.2) is 47.1 Å². The molecule has 21 heavy (non-hydrogen) atoms. The normalized spacial score (nSPS) is 11.8. The van der Waals surface area contributed by atoms with Crippen LogP contribution < -0.4 is 5.32 Å². The van der Waals surface area contributed by atoms with Crippen molar-refractivity contribution in [2.75, 3.05) is 24.4 Å². The number of benzene rings is 1. The van der Waals surface area contributed by atoms with Gasteiger partial charge in [-0.3, -0.25) is 0 Å². The van der Waals surface area contributed by atoms with Crippen LogP contribution in [0.3, 0.4) is 0 Å². The largest absolute Gasteiger partial charge is 0.478 e. The molecule has 0 saturated heterocycles. The number of thioether (sulfide) groups is 1. The Labute approximate surface area is 127 Å². The number of hydrogen-bond donors (Lipinski definition) is 2. The molecule has 0 fully saturated rings. The fraction of sp³-hybridized carbons (Fsp3) is 0.429. The van der Waals surface area contributed by atoms with Crippen molar-refractivity contribution in [3.63, 3.8) is 0 Å². The molecule has 1 unspecified atom stereocenters. The first kappa shape index (κ1) is 17.3. The fourth-order valence-electron chi connectivity index (χ4n) is 1.66. The van der Waals surface area contributed by atoms with Gasteiger partial charge in [-0.15, -0.1) is 0 Å². The molecule has 1 aromatic rings. The molecule has 0 aliphatic rings. The van der Waals surface area contributed by atoms with Crippen molar-refractivity contribution < 1.29 is 19.1 Å². The molecule has 0 spiro atoms. The Kier molecular flexibility index (Phi) is 6.48. The number of amides is 2. The molecule has 2 amide bonds. The van der Waals surface area contributed by atoms with Crippen molar-refractivity contribution in [3.8, 4) is 0 Å². The van der Waals surface area contributed by atoms with Crippen molar-refractivity contribution >= 4 is 29.4 Å². The highest BCUT2D eigenvalue weighted by Gasteiger charge is 2.17. The fourth-order valence-corrected chi connectivity index (χ4v) is 2.24. The van der Waals surface area contributed by atoms with Crippen LogP contribution in [0.2, 0.25) is 0 Å². The molecule has 0 aliphatic carbocycles. The number of anilines is 1. The number of nitrogens with zero attached hydrogens (tertiary/aromatic N) is 1. The maximum atomic E-state index is 13.3. The van der Waals surface area contributed by atoms with E-state index in [1.165, 1.54) is 6.07 Å². The maximum Gasteiger partial charge on any atom is 0.338 e. The first-order chi connectivity index (χ1) is 9.86. The van der Waals surface area contributed by atoms with Crippen LogP contribution >= 0.6 is 11.8 Å². The second-order valence-electron chi connectivity index (χ2n) is 4.67. The van der Waals surface area contributed by atoms with E-state index in [-0.39, 0.29) is 17.8 Å². The van der Waals surface area contributed by atoms with Gasteiger partial charge in [-0.1, -0.05) is 0 Å². The third-order valence-electron chi connectivity index (χ3n) is 3.17. The van der Waals surface area contributed by atoms with E-state index >= 15 is 0 Å². The highest BCUT2D eigenvalue weighted by molar-refractivity contribution is 7.98. The molecule has 0 saturated carbocycles. The average Bonchev–Trinajstić information content (AvgIpc) is 2.45. The third-order valence-corrected chi connectivity index (χ3v) is 3.81. The van der Waals surface area contributed by atoms with E-state index in [0.29, 0.717) is 0 Å².